The quantitative estimate of drug-likeness (QED) is 0.877. The number of aromatic nitrogens is 3. The van der Waals surface area contributed by atoms with Crippen LogP contribution in [-0.4, -0.2) is 26.1 Å². The van der Waals surface area contributed by atoms with Crippen LogP contribution in [0.3, 0.4) is 0 Å². The third kappa shape index (κ3) is 2.08. The van der Waals surface area contributed by atoms with Gasteiger partial charge in [-0.25, -0.2) is 9.48 Å². The van der Waals surface area contributed by atoms with Gasteiger partial charge in [-0.15, -0.1) is 5.10 Å². The zero-order chi connectivity index (χ0) is 12.5. The summed E-state index contributed by atoms with van der Waals surface area (Å²) in [5.41, 5.74) is 1.52. The van der Waals surface area contributed by atoms with Crippen molar-refractivity contribution in [2.45, 2.75) is 32.2 Å². The molecule has 3 rings (SSSR count). The number of fused-ring (bicyclic) bond motifs is 1. The van der Waals surface area contributed by atoms with E-state index >= 15 is 0 Å². The van der Waals surface area contributed by atoms with Crippen LogP contribution in [-0.2, 0) is 6.54 Å². The van der Waals surface area contributed by atoms with Gasteiger partial charge in [-0.05, 0) is 30.9 Å². The zero-order valence-electron chi connectivity index (χ0n) is 10.0. The summed E-state index contributed by atoms with van der Waals surface area (Å²) in [6.45, 7) is 0.816. The fourth-order valence-corrected chi connectivity index (χ4v) is 2.27. The lowest BCUT2D eigenvalue weighted by Gasteiger charge is -2.02. The lowest BCUT2D eigenvalue weighted by Crippen LogP contribution is -2.01. The van der Waals surface area contributed by atoms with Crippen LogP contribution < -0.4 is 0 Å². The number of carboxylic acid groups (broad SMARTS) is 1. The van der Waals surface area contributed by atoms with Crippen molar-refractivity contribution in [3.05, 3.63) is 23.8 Å². The molecule has 5 heteroatoms. The van der Waals surface area contributed by atoms with E-state index in [1.807, 2.05) is 10.7 Å². The van der Waals surface area contributed by atoms with E-state index in [4.69, 9.17) is 5.11 Å². The van der Waals surface area contributed by atoms with Gasteiger partial charge in [0.1, 0.15) is 5.52 Å². The highest BCUT2D eigenvalue weighted by atomic mass is 16.4. The Morgan fingerprint density at radius 3 is 3.00 bits per heavy atom. The monoisotopic (exact) mass is 245 g/mol. The highest BCUT2D eigenvalue weighted by Gasteiger charge is 2.20. The fraction of sp³-hybridized carbons (Fsp3) is 0.462. The van der Waals surface area contributed by atoms with Gasteiger partial charge in [-0.2, -0.15) is 0 Å². The van der Waals surface area contributed by atoms with Crippen molar-refractivity contribution in [3.8, 4) is 0 Å². The Labute approximate surface area is 104 Å². The smallest absolute Gasteiger partial charge is 0.338 e. The minimum Gasteiger partial charge on any atom is -0.478 e. The van der Waals surface area contributed by atoms with E-state index < -0.39 is 5.97 Å². The third-order valence-electron chi connectivity index (χ3n) is 3.46. The highest BCUT2D eigenvalue weighted by molar-refractivity contribution is 6.00. The second kappa shape index (κ2) is 4.40. The molecule has 1 aromatic heterocycles. The SMILES string of the molecule is O=C(O)c1cccc2c1nnn2CCCC1CC1. The van der Waals surface area contributed by atoms with Gasteiger partial charge >= 0.3 is 5.97 Å². The van der Waals surface area contributed by atoms with Crippen molar-refractivity contribution in [2.24, 2.45) is 5.92 Å². The first-order chi connectivity index (χ1) is 8.75. The molecule has 0 unspecified atom stereocenters. The molecule has 1 N–H and O–H groups in total. The summed E-state index contributed by atoms with van der Waals surface area (Å²) in [5, 5.41) is 17.1. The van der Waals surface area contributed by atoms with Crippen molar-refractivity contribution in [1.29, 1.82) is 0 Å². The molecule has 18 heavy (non-hydrogen) atoms. The van der Waals surface area contributed by atoms with Gasteiger partial charge in [-0.1, -0.05) is 24.1 Å². The van der Waals surface area contributed by atoms with E-state index in [9.17, 15) is 4.79 Å². The van der Waals surface area contributed by atoms with Crippen LogP contribution in [0.2, 0.25) is 0 Å². The lowest BCUT2D eigenvalue weighted by atomic mass is 10.2. The summed E-state index contributed by atoms with van der Waals surface area (Å²) in [5.74, 6) is -0.0417. The number of aromatic carboxylic acids is 1. The standard InChI is InChI=1S/C13H15N3O2/c17-13(18)10-4-1-5-11-12(10)14-15-16(11)8-2-3-9-6-7-9/h1,4-5,9H,2-3,6-8H2,(H,17,18). The molecule has 1 aromatic carbocycles. The van der Waals surface area contributed by atoms with Gasteiger partial charge in [0.2, 0.25) is 0 Å². The molecule has 1 saturated carbocycles. The first kappa shape index (κ1) is 11.2. The fourth-order valence-electron chi connectivity index (χ4n) is 2.27. The molecule has 0 atom stereocenters. The zero-order valence-corrected chi connectivity index (χ0v) is 10.0. The van der Waals surface area contributed by atoms with Crippen LogP contribution >= 0.6 is 0 Å². The molecule has 5 nitrogen and oxygen atoms in total. The number of nitrogens with zero attached hydrogens (tertiary/aromatic N) is 3. The van der Waals surface area contributed by atoms with Crippen LogP contribution in [0.15, 0.2) is 18.2 Å². The average Bonchev–Trinajstić information content (AvgIpc) is 3.09. The van der Waals surface area contributed by atoms with E-state index in [1.165, 1.54) is 19.3 Å². The topological polar surface area (TPSA) is 68.0 Å². The maximum atomic E-state index is 11.1. The maximum absolute atomic E-state index is 11.1. The number of carbonyl (C=O) groups is 1. The molecule has 1 aliphatic rings. The number of hydrogen-bond acceptors (Lipinski definition) is 3. The molecule has 0 bridgehead atoms. The normalized spacial score (nSPS) is 15.1. The average molecular weight is 245 g/mol. The molecule has 1 heterocycles. The summed E-state index contributed by atoms with van der Waals surface area (Å²) in [6, 6.07) is 5.18. The molecule has 94 valence electrons. The first-order valence-electron chi connectivity index (χ1n) is 6.31. The summed E-state index contributed by atoms with van der Waals surface area (Å²) in [6.07, 6.45) is 5.04. The van der Waals surface area contributed by atoms with Gasteiger partial charge < -0.3 is 5.11 Å². The molecule has 1 aliphatic carbocycles. The molecule has 1 fully saturated rings. The molecule has 0 spiro atoms. The second-order valence-corrected chi connectivity index (χ2v) is 4.88. The number of hydrogen-bond donors (Lipinski definition) is 1. The lowest BCUT2D eigenvalue weighted by molar-refractivity contribution is 0.0699. The van der Waals surface area contributed by atoms with Crippen molar-refractivity contribution in [3.63, 3.8) is 0 Å². The predicted molar refractivity (Wildman–Crippen MR) is 66.4 cm³/mol. The van der Waals surface area contributed by atoms with Crippen LogP contribution in [0.4, 0.5) is 0 Å². The molecule has 0 amide bonds. The minimum atomic E-state index is -0.953. The van der Waals surface area contributed by atoms with Crippen molar-refractivity contribution in [1.82, 2.24) is 15.0 Å². The van der Waals surface area contributed by atoms with Crippen LogP contribution in [0.5, 0.6) is 0 Å². The number of carboxylic acids is 1. The maximum Gasteiger partial charge on any atom is 0.338 e. The predicted octanol–water partition coefficient (Wildman–Crippen LogP) is 2.32. The Balaban J connectivity index is 1.83. The van der Waals surface area contributed by atoms with Gasteiger partial charge in [0.25, 0.3) is 0 Å². The largest absolute Gasteiger partial charge is 0.478 e. The van der Waals surface area contributed by atoms with Crippen LogP contribution in [0.25, 0.3) is 11.0 Å². The Hall–Kier alpha value is -1.91. The Morgan fingerprint density at radius 1 is 1.44 bits per heavy atom. The molecule has 0 saturated heterocycles. The van der Waals surface area contributed by atoms with E-state index in [0.29, 0.717) is 5.52 Å². The molecular weight excluding hydrogens is 230 g/mol. The van der Waals surface area contributed by atoms with Crippen molar-refractivity contribution in [2.75, 3.05) is 0 Å². The van der Waals surface area contributed by atoms with E-state index in [0.717, 1.165) is 24.4 Å². The highest BCUT2D eigenvalue weighted by Crippen LogP contribution is 2.33. The van der Waals surface area contributed by atoms with E-state index in [1.54, 1.807) is 12.1 Å². The van der Waals surface area contributed by atoms with E-state index in [2.05, 4.69) is 10.3 Å². The minimum absolute atomic E-state index is 0.223. The summed E-state index contributed by atoms with van der Waals surface area (Å²) < 4.78 is 1.81. The molecule has 2 aromatic rings. The summed E-state index contributed by atoms with van der Waals surface area (Å²) >= 11 is 0. The summed E-state index contributed by atoms with van der Waals surface area (Å²) in [7, 11) is 0. The van der Waals surface area contributed by atoms with Crippen molar-refractivity contribution < 1.29 is 9.90 Å². The molecule has 0 aliphatic heterocycles. The van der Waals surface area contributed by atoms with E-state index in [-0.39, 0.29) is 5.56 Å². The molecular formula is C13H15N3O2. The van der Waals surface area contributed by atoms with Crippen molar-refractivity contribution >= 4 is 17.0 Å². The molecule has 0 radical (unpaired) electrons. The van der Waals surface area contributed by atoms with Gasteiger partial charge in [0.05, 0.1) is 11.1 Å². The Morgan fingerprint density at radius 2 is 2.28 bits per heavy atom. The summed E-state index contributed by atoms with van der Waals surface area (Å²) in [4.78, 5) is 11.1. The first-order valence-corrected chi connectivity index (χ1v) is 6.31. The number of aryl methyl sites for hydroxylation is 1. The van der Waals surface area contributed by atoms with Crippen LogP contribution in [0, 0.1) is 5.92 Å². The number of benzene rings is 1. The van der Waals surface area contributed by atoms with Crippen LogP contribution in [0.1, 0.15) is 36.0 Å². The van der Waals surface area contributed by atoms with Gasteiger partial charge in [-0.3, -0.25) is 0 Å². The Kier molecular flexibility index (Phi) is 2.74. The van der Waals surface area contributed by atoms with Gasteiger partial charge in [0, 0.05) is 6.54 Å². The van der Waals surface area contributed by atoms with Gasteiger partial charge in [0.15, 0.2) is 0 Å². The Bertz CT molecular complexity index is 587. The third-order valence-corrected chi connectivity index (χ3v) is 3.46. The number of rotatable bonds is 5. The second-order valence-electron chi connectivity index (χ2n) is 4.88.